The number of Topliss-reactive ketones (excluding diaryl/α,β-unsaturated/α-hetero) is 1. The Morgan fingerprint density at radius 3 is 2.50 bits per heavy atom. The second-order valence-corrected chi connectivity index (χ2v) is 6.91. The summed E-state index contributed by atoms with van der Waals surface area (Å²) < 4.78 is 0. The Hall–Kier alpha value is -1.46. The van der Waals surface area contributed by atoms with Crippen molar-refractivity contribution in [2.24, 2.45) is 11.8 Å². The zero-order chi connectivity index (χ0) is 19.9. The van der Waals surface area contributed by atoms with Gasteiger partial charge in [-0.25, -0.2) is 0 Å². The summed E-state index contributed by atoms with van der Waals surface area (Å²) in [6, 6.07) is 0. The molecule has 5 heteroatoms. The molecule has 4 atom stereocenters. The van der Waals surface area contributed by atoms with Gasteiger partial charge in [0.1, 0.15) is 5.78 Å². The van der Waals surface area contributed by atoms with Crippen molar-refractivity contribution in [3.05, 3.63) is 24.3 Å². The summed E-state index contributed by atoms with van der Waals surface area (Å²) in [6.07, 6.45) is 12.7. The van der Waals surface area contributed by atoms with Crippen molar-refractivity contribution in [3.8, 4) is 0 Å². The molecule has 5 nitrogen and oxygen atoms in total. The number of carboxylic acid groups (broad SMARTS) is 1. The van der Waals surface area contributed by atoms with E-state index in [4.69, 9.17) is 5.11 Å². The van der Waals surface area contributed by atoms with Gasteiger partial charge in [0.25, 0.3) is 0 Å². The third-order valence-electron chi connectivity index (χ3n) is 4.60. The van der Waals surface area contributed by atoms with Crippen LogP contribution in [0, 0.1) is 11.8 Å². The first-order valence-electron chi connectivity index (χ1n) is 9.73. The van der Waals surface area contributed by atoms with Crippen LogP contribution in [0.1, 0.15) is 72.1 Å². The van der Waals surface area contributed by atoms with Crippen LogP contribution in [0.5, 0.6) is 0 Å². The van der Waals surface area contributed by atoms with Crippen LogP contribution in [-0.2, 0) is 9.59 Å². The van der Waals surface area contributed by atoms with E-state index in [9.17, 15) is 19.8 Å². The molecule has 0 radical (unpaired) electrons. The number of aliphatic hydroxyl groups excluding tert-OH is 2. The highest BCUT2D eigenvalue weighted by Gasteiger charge is 2.36. The van der Waals surface area contributed by atoms with E-state index in [0.29, 0.717) is 0 Å². The van der Waals surface area contributed by atoms with Gasteiger partial charge in [0, 0.05) is 24.7 Å². The number of aliphatic hydroxyl groups is 2. The van der Waals surface area contributed by atoms with E-state index in [-0.39, 0.29) is 30.5 Å². The summed E-state index contributed by atoms with van der Waals surface area (Å²) in [4.78, 5) is 21.3. The van der Waals surface area contributed by atoms with E-state index >= 15 is 0 Å². The number of ketones is 1. The van der Waals surface area contributed by atoms with Crippen molar-refractivity contribution in [2.75, 3.05) is 0 Å². The molecule has 1 aliphatic carbocycles. The van der Waals surface area contributed by atoms with E-state index < -0.39 is 18.2 Å². The molecule has 0 heterocycles. The first-order chi connectivity index (χ1) is 12.3. The minimum absolute atomic E-state index is 0.118. The fraction of sp³-hybridized carbons (Fsp3) is 0.714. The van der Waals surface area contributed by atoms with Gasteiger partial charge in [-0.15, -0.1) is 0 Å². The summed E-state index contributed by atoms with van der Waals surface area (Å²) in [5, 5.41) is 27.6. The Labute approximate surface area is 157 Å². The van der Waals surface area contributed by atoms with Gasteiger partial charge in [0.05, 0.1) is 12.2 Å². The molecular weight excluding hydrogens is 332 g/mol. The summed E-state index contributed by atoms with van der Waals surface area (Å²) in [7, 11) is 0. The molecule has 0 amide bonds. The number of carbonyl (C=O) groups excluding carboxylic acids is 1. The quantitative estimate of drug-likeness (QED) is 0.402. The van der Waals surface area contributed by atoms with Gasteiger partial charge >= 0.3 is 5.97 Å². The molecule has 1 aliphatic rings. The Bertz CT molecular complexity index is 455. The molecule has 0 saturated heterocycles. The van der Waals surface area contributed by atoms with Crippen molar-refractivity contribution in [1.29, 1.82) is 0 Å². The van der Waals surface area contributed by atoms with Gasteiger partial charge in [-0.3, -0.25) is 9.59 Å². The average Bonchev–Trinajstić information content (AvgIpc) is 2.83. The number of allylic oxidation sites excluding steroid dienone is 2. The van der Waals surface area contributed by atoms with Crippen LogP contribution in [0.2, 0.25) is 0 Å². The summed E-state index contributed by atoms with van der Waals surface area (Å²) >= 11 is 0. The molecule has 150 valence electrons. The molecule has 1 saturated carbocycles. The second kappa shape index (κ2) is 14.7. The molecule has 1 fully saturated rings. The second-order valence-electron chi connectivity index (χ2n) is 6.91. The molecular formula is C21H36O5. The zero-order valence-electron chi connectivity index (χ0n) is 16.4. The van der Waals surface area contributed by atoms with Crippen LogP contribution in [0.3, 0.4) is 0 Å². The Kier molecular flexibility index (Phi) is 13.9. The van der Waals surface area contributed by atoms with Crippen molar-refractivity contribution < 1.29 is 24.9 Å². The lowest BCUT2D eigenvalue weighted by Crippen LogP contribution is -2.16. The minimum Gasteiger partial charge on any atom is -0.481 e. The summed E-state index contributed by atoms with van der Waals surface area (Å²) in [6.45, 7) is 5.90. The van der Waals surface area contributed by atoms with Gasteiger partial charge in [-0.1, -0.05) is 57.4 Å². The van der Waals surface area contributed by atoms with Crippen molar-refractivity contribution in [3.63, 3.8) is 0 Å². The maximum Gasteiger partial charge on any atom is 0.303 e. The molecule has 1 rings (SSSR count). The van der Waals surface area contributed by atoms with Crippen LogP contribution < -0.4 is 0 Å². The topological polar surface area (TPSA) is 94.8 Å². The van der Waals surface area contributed by atoms with E-state index in [1.807, 2.05) is 32.1 Å². The average molecular weight is 369 g/mol. The lowest BCUT2D eigenvalue weighted by atomic mass is 9.95. The van der Waals surface area contributed by atoms with Gasteiger partial charge in [0.15, 0.2) is 0 Å². The van der Waals surface area contributed by atoms with E-state index in [1.165, 1.54) is 0 Å². The number of hydrogen-bond acceptors (Lipinski definition) is 4. The molecule has 0 aliphatic heterocycles. The van der Waals surface area contributed by atoms with Crippen LogP contribution >= 0.6 is 0 Å². The molecule has 3 N–H and O–H groups in total. The SMILES string of the molecule is C/C=C\CCCC(=O)O.CCCCC[C@H](O)/C=C/[C@H]1[C@H](O)CC(=O)[C@@H]1C. The zero-order valence-corrected chi connectivity index (χ0v) is 16.4. The summed E-state index contributed by atoms with van der Waals surface area (Å²) in [5.74, 6) is -0.834. The largest absolute Gasteiger partial charge is 0.481 e. The first kappa shape index (κ1) is 24.5. The molecule has 0 unspecified atom stereocenters. The molecule has 26 heavy (non-hydrogen) atoms. The van der Waals surface area contributed by atoms with Crippen molar-refractivity contribution >= 4 is 11.8 Å². The number of aliphatic carboxylic acids is 1. The fourth-order valence-electron chi connectivity index (χ4n) is 2.86. The van der Waals surface area contributed by atoms with Gasteiger partial charge in [-0.05, 0) is 26.2 Å². The molecule has 0 bridgehead atoms. The molecule has 0 aromatic heterocycles. The standard InChI is InChI=1S/C14H24O3.C7H12O2/c1-3-4-5-6-11(15)7-8-12-10(2)13(16)9-14(12)17;1-2-3-4-5-6-7(8)9/h7-8,10-12,14-15,17H,3-6,9H2,1-2H3;2-3H,4-6H2,1H3,(H,8,9)/b8-7+;3-2-/t10-,11+,12-,14-;/m1./s1. The number of carbonyl (C=O) groups is 2. The number of rotatable bonds is 10. The predicted molar refractivity (Wildman–Crippen MR) is 104 cm³/mol. The van der Waals surface area contributed by atoms with Crippen LogP contribution in [0.4, 0.5) is 0 Å². The normalized spacial score (nSPS) is 24.0. The number of hydrogen-bond donors (Lipinski definition) is 3. The van der Waals surface area contributed by atoms with Crippen molar-refractivity contribution in [2.45, 2.75) is 84.3 Å². The van der Waals surface area contributed by atoms with E-state index in [0.717, 1.165) is 38.5 Å². The van der Waals surface area contributed by atoms with Crippen LogP contribution in [0.25, 0.3) is 0 Å². The maximum absolute atomic E-state index is 11.4. The Morgan fingerprint density at radius 1 is 1.31 bits per heavy atom. The lowest BCUT2D eigenvalue weighted by molar-refractivity contribution is -0.137. The number of carboxylic acids is 1. The molecule has 0 aromatic rings. The minimum atomic E-state index is -0.709. The molecule has 0 spiro atoms. The van der Waals surface area contributed by atoms with Gasteiger partial charge < -0.3 is 15.3 Å². The third kappa shape index (κ3) is 11.2. The van der Waals surface area contributed by atoms with E-state index in [1.54, 1.807) is 6.08 Å². The molecule has 0 aromatic carbocycles. The monoisotopic (exact) mass is 368 g/mol. The smallest absolute Gasteiger partial charge is 0.303 e. The van der Waals surface area contributed by atoms with Crippen LogP contribution in [0.15, 0.2) is 24.3 Å². The van der Waals surface area contributed by atoms with Crippen LogP contribution in [-0.4, -0.2) is 39.3 Å². The highest BCUT2D eigenvalue weighted by molar-refractivity contribution is 5.84. The van der Waals surface area contributed by atoms with Gasteiger partial charge in [-0.2, -0.15) is 0 Å². The predicted octanol–water partition coefficient (Wildman–Crippen LogP) is 3.89. The fourth-order valence-corrected chi connectivity index (χ4v) is 2.86. The van der Waals surface area contributed by atoms with Gasteiger partial charge in [0.2, 0.25) is 0 Å². The Morgan fingerprint density at radius 2 is 2.00 bits per heavy atom. The third-order valence-corrected chi connectivity index (χ3v) is 4.60. The maximum atomic E-state index is 11.4. The summed E-state index contributed by atoms with van der Waals surface area (Å²) in [5.41, 5.74) is 0. The van der Waals surface area contributed by atoms with E-state index in [2.05, 4.69) is 6.92 Å². The lowest BCUT2D eigenvalue weighted by Gasteiger charge is -2.13. The highest BCUT2D eigenvalue weighted by Crippen LogP contribution is 2.30. The highest BCUT2D eigenvalue weighted by atomic mass is 16.4. The number of unbranched alkanes of at least 4 members (excludes halogenated alkanes) is 3. The van der Waals surface area contributed by atoms with Crippen molar-refractivity contribution in [1.82, 2.24) is 0 Å². The Balaban J connectivity index is 0.000000590. The first-order valence-corrected chi connectivity index (χ1v) is 9.73.